The van der Waals surface area contributed by atoms with Crippen LogP contribution in [0.25, 0.3) is 0 Å². The van der Waals surface area contributed by atoms with Gasteiger partial charge < -0.3 is 19.1 Å². The third-order valence-electron chi connectivity index (χ3n) is 1.76. The molecule has 4 heteroatoms. The second-order valence-electron chi connectivity index (χ2n) is 4.62. The van der Waals surface area contributed by atoms with Crippen LogP contribution in [0.2, 0.25) is 0 Å². The van der Waals surface area contributed by atoms with Gasteiger partial charge in [-0.05, 0) is 6.92 Å². The van der Waals surface area contributed by atoms with E-state index in [1.807, 2.05) is 0 Å². The zero-order chi connectivity index (χ0) is 13.3. The Labute approximate surface area is 103 Å². The van der Waals surface area contributed by atoms with Crippen molar-refractivity contribution in [3.63, 3.8) is 0 Å². The third-order valence-corrected chi connectivity index (χ3v) is 1.76. The van der Waals surface area contributed by atoms with Crippen molar-refractivity contribution in [2.75, 3.05) is 27.7 Å². The number of hydrogen-bond acceptors (Lipinski definition) is 3. The third kappa shape index (κ3) is 10.7. The van der Waals surface area contributed by atoms with E-state index < -0.39 is 6.16 Å². The van der Waals surface area contributed by atoms with Crippen molar-refractivity contribution in [2.24, 2.45) is 0 Å². The summed E-state index contributed by atoms with van der Waals surface area (Å²) in [6, 6.07) is 10.6. The van der Waals surface area contributed by atoms with E-state index in [-0.39, 0.29) is 6.61 Å². The molecular weight excluding hydrogens is 218 g/mol. The molecule has 0 fully saturated rings. The SMILES string of the molecule is CCOC(=O)[O-].C[N+](C)(C)Cc1ccccc1. The van der Waals surface area contributed by atoms with Crippen LogP contribution in [-0.2, 0) is 11.3 Å². The summed E-state index contributed by atoms with van der Waals surface area (Å²) in [5, 5.41) is 9.27. The van der Waals surface area contributed by atoms with Crippen LogP contribution in [0.5, 0.6) is 0 Å². The first-order valence-electron chi connectivity index (χ1n) is 5.53. The Bertz CT molecular complexity index is 317. The van der Waals surface area contributed by atoms with Gasteiger partial charge in [-0.3, -0.25) is 0 Å². The number of nitrogens with zero attached hydrogens (tertiary/aromatic N) is 1. The summed E-state index contributed by atoms with van der Waals surface area (Å²) in [4.78, 5) is 9.27. The molecule has 96 valence electrons. The molecule has 0 saturated carbocycles. The molecule has 0 radical (unpaired) electrons. The Kier molecular flexibility index (Phi) is 6.98. The van der Waals surface area contributed by atoms with Gasteiger partial charge >= 0.3 is 0 Å². The van der Waals surface area contributed by atoms with Gasteiger partial charge in [0.25, 0.3) is 6.16 Å². The molecule has 0 aliphatic rings. The van der Waals surface area contributed by atoms with E-state index in [2.05, 4.69) is 56.2 Å². The normalized spacial score (nSPS) is 10.1. The van der Waals surface area contributed by atoms with E-state index in [1.54, 1.807) is 6.92 Å². The van der Waals surface area contributed by atoms with Gasteiger partial charge in [-0.25, -0.2) is 0 Å². The molecule has 0 bridgehead atoms. The molecular formula is C13H21NO3. The summed E-state index contributed by atoms with van der Waals surface area (Å²) < 4.78 is 4.84. The summed E-state index contributed by atoms with van der Waals surface area (Å²) >= 11 is 0. The molecule has 1 rings (SSSR count). The Morgan fingerprint density at radius 1 is 1.24 bits per heavy atom. The number of rotatable bonds is 3. The van der Waals surface area contributed by atoms with E-state index in [0.29, 0.717) is 0 Å². The molecule has 0 unspecified atom stereocenters. The number of carboxylic acid groups (broad SMARTS) is 1. The zero-order valence-corrected chi connectivity index (χ0v) is 11.0. The van der Waals surface area contributed by atoms with Crippen LogP contribution in [-0.4, -0.2) is 38.4 Å². The van der Waals surface area contributed by atoms with Gasteiger partial charge in [-0.15, -0.1) is 0 Å². The van der Waals surface area contributed by atoms with Gasteiger partial charge in [0.1, 0.15) is 6.54 Å². The fourth-order valence-electron chi connectivity index (χ4n) is 1.25. The fraction of sp³-hybridized carbons (Fsp3) is 0.462. The fourth-order valence-corrected chi connectivity index (χ4v) is 1.25. The number of carbonyl (C=O) groups excluding carboxylic acids is 1. The van der Waals surface area contributed by atoms with E-state index in [0.717, 1.165) is 11.0 Å². The summed E-state index contributed by atoms with van der Waals surface area (Å²) in [6.07, 6.45) is -1.46. The topological polar surface area (TPSA) is 49.4 Å². The van der Waals surface area contributed by atoms with E-state index in [4.69, 9.17) is 0 Å². The first-order valence-corrected chi connectivity index (χ1v) is 5.53. The first-order chi connectivity index (χ1) is 7.85. The van der Waals surface area contributed by atoms with Crippen LogP contribution < -0.4 is 5.11 Å². The molecule has 0 amide bonds. The smallest absolute Gasteiger partial charge is 0.251 e. The van der Waals surface area contributed by atoms with Crippen LogP contribution in [0.4, 0.5) is 4.79 Å². The zero-order valence-electron chi connectivity index (χ0n) is 11.0. The highest BCUT2D eigenvalue weighted by atomic mass is 16.7. The second-order valence-corrected chi connectivity index (χ2v) is 4.62. The number of carbonyl (C=O) groups is 1. The minimum Gasteiger partial charge on any atom is -0.550 e. The minimum absolute atomic E-state index is 0.169. The minimum atomic E-state index is -1.46. The van der Waals surface area contributed by atoms with Crippen LogP contribution in [0.15, 0.2) is 30.3 Å². The summed E-state index contributed by atoms with van der Waals surface area (Å²) in [6.45, 7) is 2.85. The van der Waals surface area contributed by atoms with Crippen molar-refractivity contribution in [2.45, 2.75) is 13.5 Å². The average molecular weight is 239 g/mol. The van der Waals surface area contributed by atoms with Crippen molar-refractivity contribution < 1.29 is 19.1 Å². The molecule has 0 N–H and O–H groups in total. The molecule has 4 nitrogen and oxygen atoms in total. The predicted octanol–water partition coefficient (Wildman–Crippen LogP) is 1.26. The molecule has 0 aliphatic carbocycles. The lowest BCUT2D eigenvalue weighted by atomic mass is 10.2. The van der Waals surface area contributed by atoms with Crippen molar-refractivity contribution >= 4 is 6.16 Å². The van der Waals surface area contributed by atoms with E-state index >= 15 is 0 Å². The summed E-state index contributed by atoms with van der Waals surface area (Å²) in [7, 11) is 6.60. The molecule has 1 aromatic carbocycles. The van der Waals surface area contributed by atoms with Crippen LogP contribution in [0.1, 0.15) is 12.5 Å². The molecule has 0 atom stereocenters. The van der Waals surface area contributed by atoms with Crippen LogP contribution in [0, 0.1) is 0 Å². The predicted molar refractivity (Wildman–Crippen MR) is 65.2 cm³/mol. The Balaban J connectivity index is 0.000000366. The number of hydrogen-bond donors (Lipinski definition) is 0. The summed E-state index contributed by atoms with van der Waals surface area (Å²) in [5.41, 5.74) is 1.40. The molecule has 1 aromatic rings. The lowest BCUT2D eigenvalue weighted by Gasteiger charge is -2.23. The maximum absolute atomic E-state index is 9.27. The van der Waals surface area contributed by atoms with Crippen molar-refractivity contribution in [3.05, 3.63) is 35.9 Å². The van der Waals surface area contributed by atoms with Crippen molar-refractivity contribution in [1.29, 1.82) is 0 Å². The molecule has 0 aliphatic heterocycles. The molecule has 0 heterocycles. The highest BCUT2D eigenvalue weighted by molar-refractivity contribution is 5.53. The van der Waals surface area contributed by atoms with Crippen LogP contribution in [0.3, 0.4) is 0 Å². The Morgan fingerprint density at radius 3 is 2.06 bits per heavy atom. The van der Waals surface area contributed by atoms with Gasteiger partial charge in [-0.1, -0.05) is 30.3 Å². The second kappa shape index (κ2) is 7.68. The molecule has 0 spiro atoms. The van der Waals surface area contributed by atoms with Gasteiger partial charge in [0, 0.05) is 12.2 Å². The maximum atomic E-state index is 9.27. The number of quaternary nitrogens is 1. The Morgan fingerprint density at radius 2 is 1.76 bits per heavy atom. The summed E-state index contributed by atoms with van der Waals surface area (Å²) in [5.74, 6) is 0. The molecule has 0 aromatic heterocycles. The van der Waals surface area contributed by atoms with Crippen LogP contribution >= 0.6 is 0 Å². The molecule has 0 saturated heterocycles. The lowest BCUT2D eigenvalue weighted by molar-refractivity contribution is -0.884. The Hall–Kier alpha value is -1.55. The van der Waals surface area contributed by atoms with Gasteiger partial charge in [0.2, 0.25) is 0 Å². The highest BCUT2D eigenvalue weighted by Gasteiger charge is 2.06. The average Bonchev–Trinajstić information content (AvgIpc) is 2.17. The first kappa shape index (κ1) is 15.4. The highest BCUT2D eigenvalue weighted by Crippen LogP contribution is 2.05. The largest absolute Gasteiger partial charge is 0.550 e. The standard InChI is InChI=1S/C10H16N.C3H6O3/c1-11(2,3)9-10-7-5-4-6-8-10;1-2-6-3(4)5/h4-8H,9H2,1-3H3;2H2,1H3,(H,4,5)/q+1;/p-1. The quantitative estimate of drug-likeness (QED) is 0.589. The molecule has 17 heavy (non-hydrogen) atoms. The number of ether oxygens (including phenoxy) is 1. The van der Waals surface area contributed by atoms with Crippen molar-refractivity contribution in [1.82, 2.24) is 0 Å². The van der Waals surface area contributed by atoms with Gasteiger partial charge in [0.15, 0.2) is 0 Å². The van der Waals surface area contributed by atoms with Gasteiger partial charge in [-0.2, -0.15) is 0 Å². The van der Waals surface area contributed by atoms with E-state index in [1.165, 1.54) is 5.56 Å². The van der Waals surface area contributed by atoms with Crippen molar-refractivity contribution in [3.8, 4) is 0 Å². The monoisotopic (exact) mass is 239 g/mol. The number of benzene rings is 1. The van der Waals surface area contributed by atoms with E-state index in [9.17, 15) is 9.90 Å². The lowest BCUT2D eigenvalue weighted by Crippen LogP contribution is -2.33. The van der Waals surface area contributed by atoms with Gasteiger partial charge in [0.05, 0.1) is 21.1 Å². The maximum Gasteiger partial charge on any atom is 0.251 e.